The van der Waals surface area contributed by atoms with E-state index >= 15 is 0 Å². The Hall–Kier alpha value is -0.570. The topological polar surface area (TPSA) is 50.4 Å². The molecule has 7 heavy (non-hydrogen) atoms. The van der Waals surface area contributed by atoms with Crippen LogP contribution in [0.1, 0.15) is 6.42 Å². The van der Waals surface area contributed by atoms with Crippen LogP contribution in [0.15, 0.2) is 5.10 Å². The molecule has 0 aliphatic carbocycles. The fourth-order valence-corrected chi connectivity index (χ4v) is 0.664. The van der Waals surface area contributed by atoms with Gasteiger partial charge >= 0.3 is 0 Å². The van der Waals surface area contributed by atoms with Gasteiger partial charge in [-0.15, -0.1) is 0 Å². The molecule has 1 fully saturated rings. The number of nitrogens with zero attached hydrogens (tertiary/aromatic N) is 1. The maximum Gasteiger partial charge on any atom is 0.0526 e. The van der Waals surface area contributed by atoms with Crippen LogP contribution < -0.4 is 11.2 Å². The summed E-state index contributed by atoms with van der Waals surface area (Å²) in [6.45, 7) is 1.92. The van der Waals surface area contributed by atoms with Crippen LogP contribution in [0.5, 0.6) is 0 Å². The largest absolute Gasteiger partial charge is 0.323 e. The number of hydrogen-bond donors (Lipinski definition) is 2. The molecule has 0 atom stereocenters. The van der Waals surface area contributed by atoms with Gasteiger partial charge in [-0.25, -0.2) is 0 Å². The summed E-state index contributed by atoms with van der Waals surface area (Å²) in [4.78, 5) is 0. The fraction of sp³-hybridized carbons (Fsp3) is 0.750. The summed E-state index contributed by atoms with van der Waals surface area (Å²) in [5, 5.41) is 6.65. The van der Waals surface area contributed by atoms with Crippen molar-refractivity contribution < 1.29 is 0 Å². The molecule has 1 saturated heterocycles. The van der Waals surface area contributed by atoms with Crippen LogP contribution in [0, 0.1) is 0 Å². The monoisotopic (exact) mass is 99.1 g/mol. The average Bonchev–Trinajstić information content (AvgIpc) is 2.14. The zero-order valence-electron chi connectivity index (χ0n) is 4.15. The Morgan fingerprint density at radius 2 is 2.57 bits per heavy atom. The molecule has 40 valence electrons. The summed E-state index contributed by atoms with van der Waals surface area (Å²) in [6.07, 6.45) is 1.02. The molecule has 3 N–H and O–H groups in total. The third kappa shape index (κ3) is 0.899. The van der Waals surface area contributed by atoms with Gasteiger partial charge in [-0.3, -0.25) is 0 Å². The van der Waals surface area contributed by atoms with Gasteiger partial charge in [0, 0.05) is 19.5 Å². The van der Waals surface area contributed by atoms with Crippen LogP contribution in [-0.4, -0.2) is 18.8 Å². The maximum atomic E-state index is 4.98. The number of hydrogen-bond acceptors (Lipinski definition) is 3. The van der Waals surface area contributed by atoms with E-state index in [9.17, 15) is 0 Å². The molecule has 0 aromatic heterocycles. The summed E-state index contributed by atoms with van der Waals surface area (Å²) < 4.78 is 0. The Balaban J connectivity index is 2.41. The fourth-order valence-electron chi connectivity index (χ4n) is 0.664. The van der Waals surface area contributed by atoms with Crippen LogP contribution in [0.25, 0.3) is 0 Å². The van der Waals surface area contributed by atoms with Crippen LogP contribution in [0.3, 0.4) is 0 Å². The predicted octanol–water partition coefficient (Wildman–Crippen LogP) is -0.706. The van der Waals surface area contributed by atoms with E-state index in [2.05, 4.69) is 10.4 Å². The lowest BCUT2D eigenvalue weighted by Gasteiger charge is -1.83. The van der Waals surface area contributed by atoms with E-state index in [1.54, 1.807) is 0 Å². The number of rotatable bonds is 0. The van der Waals surface area contributed by atoms with Crippen molar-refractivity contribution in [3.63, 3.8) is 0 Å². The molecule has 1 rings (SSSR count). The second-order valence-electron chi connectivity index (χ2n) is 1.62. The van der Waals surface area contributed by atoms with E-state index in [1.807, 2.05) is 0 Å². The summed E-state index contributed by atoms with van der Waals surface area (Å²) in [6, 6.07) is 0. The third-order valence-electron chi connectivity index (χ3n) is 1.10. The Kier molecular flexibility index (Phi) is 1.26. The molecule has 0 bridgehead atoms. The van der Waals surface area contributed by atoms with Crippen molar-refractivity contribution in [3.05, 3.63) is 0 Å². The first-order valence-corrected chi connectivity index (χ1v) is 2.40. The lowest BCUT2D eigenvalue weighted by Crippen LogP contribution is -2.09. The van der Waals surface area contributed by atoms with E-state index in [1.165, 1.54) is 0 Å². The van der Waals surface area contributed by atoms with E-state index in [0.29, 0.717) is 0 Å². The van der Waals surface area contributed by atoms with Gasteiger partial charge in [0.2, 0.25) is 0 Å². The van der Waals surface area contributed by atoms with Gasteiger partial charge in [0.1, 0.15) is 0 Å². The summed E-state index contributed by atoms with van der Waals surface area (Å²) in [7, 11) is 0. The van der Waals surface area contributed by atoms with E-state index in [0.717, 1.165) is 25.2 Å². The van der Waals surface area contributed by atoms with Gasteiger partial charge in [0.25, 0.3) is 0 Å². The minimum Gasteiger partial charge on any atom is -0.323 e. The van der Waals surface area contributed by atoms with Gasteiger partial charge in [0.05, 0.1) is 5.71 Å². The van der Waals surface area contributed by atoms with Crippen molar-refractivity contribution in [2.75, 3.05) is 13.1 Å². The van der Waals surface area contributed by atoms with E-state index in [4.69, 9.17) is 5.84 Å². The highest BCUT2D eigenvalue weighted by Crippen LogP contribution is 1.88. The zero-order valence-corrected chi connectivity index (χ0v) is 4.15. The zero-order chi connectivity index (χ0) is 5.11. The van der Waals surface area contributed by atoms with Crippen molar-refractivity contribution in [2.45, 2.75) is 6.42 Å². The molecule has 3 nitrogen and oxygen atoms in total. The number of nitrogens with two attached hydrogens (primary N) is 1. The molecule has 0 amide bonds. The number of nitrogens with one attached hydrogen (secondary N) is 1. The second-order valence-corrected chi connectivity index (χ2v) is 1.62. The molecule has 3 heteroatoms. The van der Waals surface area contributed by atoms with Gasteiger partial charge in [-0.05, 0) is 0 Å². The van der Waals surface area contributed by atoms with Crippen molar-refractivity contribution >= 4 is 5.71 Å². The molecule has 1 aliphatic rings. The first-order valence-electron chi connectivity index (χ1n) is 2.40. The van der Waals surface area contributed by atoms with Gasteiger partial charge < -0.3 is 11.2 Å². The van der Waals surface area contributed by atoms with E-state index < -0.39 is 0 Å². The standard InChI is InChI=1S/C4H9N3/c5-7-4-1-2-6-3-4/h6H,1-3,5H2. The normalized spacial score (nSPS) is 26.6. The Bertz CT molecular complexity index is 78.9. The van der Waals surface area contributed by atoms with Gasteiger partial charge in [0.15, 0.2) is 0 Å². The average molecular weight is 99.1 g/mol. The molecular formula is C4H9N3. The minimum atomic E-state index is 0.885. The minimum absolute atomic E-state index is 0.885. The highest BCUT2D eigenvalue weighted by Gasteiger charge is 2.04. The molecule has 0 unspecified atom stereocenters. The highest BCUT2D eigenvalue weighted by atomic mass is 15.1. The molecule has 0 spiro atoms. The molecule has 1 heterocycles. The van der Waals surface area contributed by atoms with Crippen LogP contribution in [-0.2, 0) is 0 Å². The quantitative estimate of drug-likeness (QED) is 0.311. The molecule has 0 aromatic rings. The Labute approximate surface area is 42.6 Å². The van der Waals surface area contributed by atoms with Crippen molar-refractivity contribution in [1.29, 1.82) is 0 Å². The molecule has 0 saturated carbocycles. The lowest BCUT2D eigenvalue weighted by atomic mass is 10.3. The Morgan fingerprint density at radius 1 is 1.71 bits per heavy atom. The first kappa shape index (κ1) is 4.59. The Morgan fingerprint density at radius 3 is 2.86 bits per heavy atom. The molecular weight excluding hydrogens is 90.1 g/mol. The maximum absolute atomic E-state index is 4.98. The number of hydrazone groups is 1. The molecule has 1 aliphatic heterocycles. The molecule has 0 radical (unpaired) electrons. The first-order chi connectivity index (χ1) is 3.43. The summed E-state index contributed by atoms with van der Waals surface area (Å²) in [5.41, 5.74) is 1.08. The smallest absolute Gasteiger partial charge is 0.0526 e. The SMILES string of the molecule is NN=C1CCNC1. The van der Waals surface area contributed by atoms with Crippen LogP contribution in [0.2, 0.25) is 0 Å². The van der Waals surface area contributed by atoms with Crippen LogP contribution in [0.4, 0.5) is 0 Å². The lowest BCUT2D eigenvalue weighted by molar-refractivity contribution is 0.863. The van der Waals surface area contributed by atoms with Crippen molar-refractivity contribution in [3.8, 4) is 0 Å². The third-order valence-corrected chi connectivity index (χ3v) is 1.10. The summed E-state index contributed by atoms with van der Waals surface area (Å²) >= 11 is 0. The second kappa shape index (κ2) is 1.93. The highest BCUT2D eigenvalue weighted by molar-refractivity contribution is 5.87. The predicted molar refractivity (Wildman–Crippen MR) is 29.1 cm³/mol. The van der Waals surface area contributed by atoms with Crippen LogP contribution >= 0.6 is 0 Å². The van der Waals surface area contributed by atoms with Gasteiger partial charge in [-0.1, -0.05) is 0 Å². The van der Waals surface area contributed by atoms with Gasteiger partial charge in [-0.2, -0.15) is 5.10 Å². The molecule has 0 aromatic carbocycles. The van der Waals surface area contributed by atoms with Crippen molar-refractivity contribution in [1.82, 2.24) is 5.32 Å². The summed E-state index contributed by atoms with van der Waals surface area (Å²) in [5.74, 6) is 4.98. The van der Waals surface area contributed by atoms with E-state index in [-0.39, 0.29) is 0 Å². The van der Waals surface area contributed by atoms with Crippen molar-refractivity contribution in [2.24, 2.45) is 10.9 Å².